The van der Waals surface area contributed by atoms with Crippen LogP contribution in [0.1, 0.15) is 23.3 Å². The van der Waals surface area contributed by atoms with Crippen LogP contribution in [0.5, 0.6) is 0 Å². The molecule has 0 bridgehead atoms. The first kappa shape index (κ1) is 20.6. The Morgan fingerprint density at radius 3 is 2.57 bits per heavy atom. The molecule has 0 saturated carbocycles. The highest BCUT2D eigenvalue weighted by atomic mass is 32.2. The molecule has 0 N–H and O–H groups in total. The lowest BCUT2D eigenvalue weighted by atomic mass is 9.98. The van der Waals surface area contributed by atoms with E-state index in [-0.39, 0.29) is 36.5 Å². The molecule has 1 saturated heterocycles. The number of hydrogen-bond acceptors (Lipinski definition) is 6. The van der Waals surface area contributed by atoms with Crippen molar-refractivity contribution in [3.05, 3.63) is 30.1 Å². The fourth-order valence-corrected chi connectivity index (χ4v) is 4.02. The SMILES string of the molecule is CS(=O)(=O)c1nc(C(=O)OCC2CCN(CC(F)(F)F)CC2)c2ccccn12. The monoisotopic (exact) mass is 419 g/mol. The largest absolute Gasteiger partial charge is 0.461 e. The van der Waals surface area contributed by atoms with Gasteiger partial charge in [-0.3, -0.25) is 9.30 Å². The molecule has 2 aromatic heterocycles. The van der Waals surface area contributed by atoms with Gasteiger partial charge in [-0.05, 0) is 44.0 Å². The number of aromatic nitrogens is 2. The van der Waals surface area contributed by atoms with Gasteiger partial charge in [-0.25, -0.2) is 18.2 Å². The Kier molecular flexibility index (Phi) is 5.67. The van der Waals surface area contributed by atoms with Gasteiger partial charge in [0.15, 0.2) is 5.69 Å². The van der Waals surface area contributed by atoms with E-state index in [2.05, 4.69) is 4.98 Å². The molecular formula is C17H20F3N3O4S. The van der Waals surface area contributed by atoms with E-state index in [1.54, 1.807) is 18.2 Å². The number of likely N-dealkylation sites (tertiary alicyclic amines) is 1. The molecule has 154 valence electrons. The molecule has 0 spiro atoms. The number of hydrogen-bond donors (Lipinski definition) is 0. The maximum absolute atomic E-state index is 12.4. The molecule has 3 rings (SSSR count). The van der Waals surface area contributed by atoms with Gasteiger partial charge in [0.05, 0.1) is 18.7 Å². The minimum atomic E-state index is -4.22. The van der Waals surface area contributed by atoms with Crippen molar-refractivity contribution >= 4 is 21.3 Å². The highest BCUT2D eigenvalue weighted by Gasteiger charge is 2.33. The number of imidazole rings is 1. The zero-order valence-corrected chi connectivity index (χ0v) is 16.0. The van der Waals surface area contributed by atoms with E-state index < -0.39 is 28.5 Å². The Labute approximate surface area is 160 Å². The topological polar surface area (TPSA) is 81.0 Å². The Morgan fingerprint density at radius 2 is 1.96 bits per heavy atom. The van der Waals surface area contributed by atoms with Gasteiger partial charge in [-0.2, -0.15) is 13.2 Å². The number of esters is 1. The molecule has 7 nitrogen and oxygen atoms in total. The van der Waals surface area contributed by atoms with Crippen LogP contribution in [0.25, 0.3) is 5.52 Å². The smallest absolute Gasteiger partial charge is 0.401 e. The Hall–Kier alpha value is -2.14. The van der Waals surface area contributed by atoms with Crippen LogP contribution in [0.3, 0.4) is 0 Å². The molecule has 28 heavy (non-hydrogen) atoms. The summed E-state index contributed by atoms with van der Waals surface area (Å²) in [4.78, 5) is 17.7. The number of nitrogens with zero attached hydrogens (tertiary/aromatic N) is 3. The first-order chi connectivity index (χ1) is 13.0. The number of halogens is 3. The zero-order valence-electron chi connectivity index (χ0n) is 15.1. The van der Waals surface area contributed by atoms with E-state index in [9.17, 15) is 26.4 Å². The number of sulfone groups is 1. The summed E-state index contributed by atoms with van der Waals surface area (Å²) in [5.41, 5.74) is 0.212. The standard InChI is InChI=1S/C17H20F3N3O4S/c1-28(25,26)16-21-14(13-4-2-3-7-23(13)16)15(24)27-10-12-5-8-22(9-6-12)11-17(18,19)20/h2-4,7,12H,5-6,8-11H2,1H3. The normalized spacial score (nSPS) is 17.1. The maximum Gasteiger partial charge on any atom is 0.401 e. The fraction of sp³-hybridized carbons (Fsp3) is 0.529. The summed E-state index contributed by atoms with van der Waals surface area (Å²) < 4.78 is 67.7. The molecule has 1 aliphatic heterocycles. The minimum Gasteiger partial charge on any atom is -0.461 e. The fourth-order valence-electron chi connectivity index (χ4n) is 3.25. The number of fused-ring (bicyclic) bond motifs is 1. The molecule has 0 aromatic carbocycles. The molecule has 11 heteroatoms. The van der Waals surface area contributed by atoms with Gasteiger partial charge in [0.2, 0.25) is 15.0 Å². The lowest BCUT2D eigenvalue weighted by Gasteiger charge is -2.31. The second-order valence-electron chi connectivity index (χ2n) is 6.90. The van der Waals surface area contributed by atoms with Crippen molar-refractivity contribution < 1.29 is 31.1 Å². The predicted molar refractivity (Wildman–Crippen MR) is 93.8 cm³/mol. The summed E-state index contributed by atoms with van der Waals surface area (Å²) in [5, 5.41) is -0.254. The number of piperidine rings is 1. The van der Waals surface area contributed by atoms with Gasteiger partial charge in [-0.15, -0.1) is 0 Å². The van der Waals surface area contributed by atoms with Gasteiger partial charge < -0.3 is 4.74 Å². The summed E-state index contributed by atoms with van der Waals surface area (Å²) in [5.74, 6) is -0.798. The molecule has 3 heterocycles. The van der Waals surface area contributed by atoms with Crippen molar-refractivity contribution in [2.45, 2.75) is 24.2 Å². The van der Waals surface area contributed by atoms with Crippen LogP contribution in [-0.4, -0.2) is 67.3 Å². The Morgan fingerprint density at radius 1 is 1.29 bits per heavy atom. The first-order valence-corrected chi connectivity index (χ1v) is 10.6. The number of pyridine rings is 1. The average Bonchev–Trinajstić information content (AvgIpc) is 3.00. The number of alkyl halides is 3. The quantitative estimate of drug-likeness (QED) is 0.691. The van der Waals surface area contributed by atoms with E-state index in [0.717, 1.165) is 6.26 Å². The summed E-state index contributed by atoms with van der Waals surface area (Å²) in [6.07, 6.45) is -0.757. The van der Waals surface area contributed by atoms with E-state index in [1.807, 2.05) is 0 Å². The lowest BCUT2D eigenvalue weighted by molar-refractivity contribution is -0.148. The number of ether oxygens (including phenoxy) is 1. The van der Waals surface area contributed by atoms with Gasteiger partial charge in [0.1, 0.15) is 0 Å². The zero-order chi connectivity index (χ0) is 20.5. The van der Waals surface area contributed by atoms with E-state index in [1.165, 1.54) is 15.5 Å². The molecule has 0 atom stereocenters. The van der Waals surface area contributed by atoms with Crippen molar-refractivity contribution in [1.29, 1.82) is 0 Å². The molecular weight excluding hydrogens is 399 g/mol. The van der Waals surface area contributed by atoms with Crippen molar-refractivity contribution in [3.8, 4) is 0 Å². The van der Waals surface area contributed by atoms with Gasteiger partial charge in [0.25, 0.3) is 0 Å². The molecule has 0 unspecified atom stereocenters. The van der Waals surface area contributed by atoms with Crippen molar-refractivity contribution in [2.75, 3.05) is 32.5 Å². The average molecular weight is 419 g/mol. The van der Waals surface area contributed by atoms with Crippen LogP contribution in [0.4, 0.5) is 13.2 Å². The predicted octanol–water partition coefficient (Wildman–Crippen LogP) is 2.17. The number of rotatable bonds is 5. The highest BCUT2D eigenvalue weighted by Crippen LogP contribution is 2.23. The molecule has 0 amide bonds. The van der Waals surface area contributed by atoms with Crippen molar-refractivity contribution in [2.24, 2.45) is 5.92 Å². The molecule has 0 aliphatic carbocycles. The van der Waals surface area contributed by atoms with Crippen LogP contribution < -0.4 is 0 Å². The molecule has 0 radical (unpaired) electrons. The summed E-state index contributed by atoms with van der Waals surface area (Å²) in [6, 6.07) is 4.83. The first-order valence-electron chi connectivity index (χ1n) is 8.68. The third kappa shape index (κ3) is 4.82. The summed E-state index contributed by atoms with van der Waals surface area (Å²) in [7, 11) is -3.65. The molecule has 1 fully saturated rings. The van der Waals surface area contributed by atoms with Crippen LogP contribution in [0.2, 0.25) is 0 Å². The number of carbonyl (C=O) groups is 1. The summed E-state index contributed by atoms with van der Waals surface area (Å²) >= 11 is 0. The van der Waals surface area contributed by atoms with Crippen LogP contribution in [0.15, 0.2) is 29.6 Å². The minimum absolute atomic E-state index is 0.0447. The van der Waals surface area contributed by atoms with Crippen molar-refractivity contribution in [3.63, 3.8) is 0 Å². The van der Waals surface area contributed by atoms with Gasteiger partial charge in [0, 0.05) is 12.5 Å². The van der Waals surface area contributed by atoms with E-state index in [0.29, 0.717) is 18.4 Å². The van der Waals surface area contributed by atoms with Crippen LogP contribution in [0, 0.1) is 5.92 Å². The second-order valence-corrected chi connectivity index (χ2v) is 8.81. The van der Waals surface area contributed by atoms with Crippen molar-refractivity contribution in [1.82, 2.24) is 14.3 Å². The summed E-state index contributed by atoms with van der Waals surface area (Å²) in [6.45, 7) is -0.312. The lowest BCUT2D eigenvalue weighted by Crippen LogP contribution is -2.40. The van der Waals surface area contributed by atoms with Crippen LogP contribution >= 0.6 is 0 Å². The van der Waals surface area contributed by atoms with E-state index in [4.69, 9.17) is 4.74 Å². The van der Waals surface area contributed by atoms with Gasteiger partial charge >= 0.3 is 12.1 Å². The Bertz CT molecular complexity index is 964. The highest BCUT2D eigenvalue weighted by molar-refractivity contribution is 7.90. The van der Waals surface area contributed by atoms with Crippen LogP contribution in [-0.2, 0) is 14.6 Å². The van der Waals surface area contributed by atoms with E-state index >= 15 is 0 Å². The Balaban J connectivity index is 1.64. The molecule has 2 aromatic rings. The third-order valence-corrected chi connectivity index (χ3v) is 5.55. The second kappa shape index (κ2) is 7.70. The van der Waals surface area contributed by atoms with Gasteiger partial charge in [-0.1, -0.05) is 6.07 Å². The number of carbonyl (C=O) groups excluding carboxylic acids is 1. The third-order valence-electron chi connectivity index (χ3n) is 4.60. The maximum atomic E-state index is 12.4. The molecule has 1 aliphatic rings.